The normalized spacial score (nSPS) is 50.9. The second-order valence-corrected chi connectivity index (χ2v) is 33.2. The minimum atomic E-state index is 0.676. The average molecular weight is 982 g/mol. The van der Waals surface area contributed by atoms with Crippen LogP contribution >= 0.6 is 0 Å². The molecule has 0 aliphatic heterocycles. The van der Waals surface area contributed by atoms with Gasteiger partial charge in [0.15, 0.2) is 0 Å². The number of hydrogen-bond donors (Lipinski definition) is 0. The SMILES string of the molecule is CC1CC2CC(C)C(C1)C2.CC1CC2CC(C1)C(C(C)C)C2.CC1CC2CC(C1)C(C)(C)C2.CC1CC2CC(C1)C1CC(C)CCC21.CCC1(C)CC2CC(C)CC1C2.CCCC1CC2CC(C)CC1C2. The van der Waals surface area contributed by atoms with Crippen LogP contribution in [0.1, 0.15) is 290 Å². The Kier molecular flexibility index (Phi) is 19.9. The fourth-order valence-electron chi connectivity index (χ4n) is 22.8. The first-order valence-corrected chi connectivity index (χ1v) is 33.7. The zero-order valence-corrected chi connectivity index (χ0v) is 50.9. The van der Waals surface area contributed by atoms with E-state index in [4.69, 9.17) is 0 Å². The molecule has 13 aliphatic rings. The minimum Gasteiger partial charge on any atom is -0.0654 e. The first-order valence-electron chi connectivity index (χ1n) is 33.7. The largest absolute Gasteiger partial charge is 0.0654 e. The van der Waals surface area contributed by atoms with E-state index in [-0.39, 0.29) is 0 Å². The second-order valence-electron chi connectivity index (χ2n) is 33.2. The Morgan fingerprint density at radius 3 is 1.49 bits per heavy atom. The third-order valence-electron chi connectivity index (χ3n) is 25.8. The van der Waals surface area contributed by atoms with Gasteiger partial charge in [0.2, 0.25) is 0 Å². The van der Waals surface area contributed by atoms with Gasteiger partial charge < -0.3 is 0 Å². The Morgan fingerprint density at radius 2 is 0.873 bits per heavy atom. The van der Waals surface area contributed by atoms with E-state index in [9.17, 15) is 0 Å². The van der Waals surface area contributed by atoms with E-state index in [0.717, 1.165) is 153 Å². The molecule has 71 heavy (non-hydrogen) atoms. The summed E-state index contributed by atoms with van der Waals surface area (Å²) in [6.45, 7) is 36.6. The van der Waals surface area contributed by atoms with Crippen LogP contribution in [0.3, 0.4) is 0 Å². The summed E-state index contributed by atoms with van der Waals surface area (Å²) in [5.41, 5.74) is 1.39. The minimum absolute atomic E-state index is 0.676. The van der Waals surface area contributed by atoms with Gasteiger partial charge in [0.1, 0.15) is 0 Å². The van der Waals surface area contributed by atoms with Crippen molar-refractivity contribution in [3.05, 3.63) is 0 Å². The van der Waals surface area contributed by atoms with Crippen molar-refractivity contribution in [2.45, 2.75) is 290 Å². The second kappa shape index (κ2) is 24.8. The molecule has 25 unspecified atom stereocenters. The lowest BCUT2D eigenvalue weighted by molar-refractivity contribution is 0.170. The molecule has 0 radical (unpaired) electrons. The van der Waals surface area contributed by atoms with Gasteiger partial charge in [-0.2, -0.15) is 0 Å². The van der Waals surface area contributed by atoms with Gasteiger partial charge in [-0.05, 0) is 319 Å². The third-order valence-corrected chi connectivity index (χ3v) is 25.8. The van der Waals surface area contributed by atoms with E-state index in [0.29, 0.717) is 5.41 Å². The van der Waals surface area contributed by atoms with Crippen LogP contribution in [0.2, 0.25) is 0 Å². The highest BCUT2D eigenvalue weighted by Gasteiger charge is 2.49. The molecular weight excluding hydrogens is 853 g/mol. The molecular formula is C71H128. The lowest BCUT2D eigenvalue weighted by atomic mass is 9.72. The molecule has 25 atom stereocenters. The van der Waals surface area contributed by atoms with Crippen molar-refractivity contribution in [1.29, 1.82) is 0 Å². The molecule has 0 aromatic carbocycles. The van der Waals surface area contributed by atoms with Gasteiger partial charge >= 0.3 is 0 Å². The highest BCUT2D eigenvalue weighted by atomic mass is 14.5. The standard InChI is InChI=1S/C14H24.3C12H22.C11H20.C10H18/c1-9-3-4-13-11-5-10(2)6-12(8-11)14(13)7-9;1-8(2)12-7-10-4-9(3)5-11(12)6-10;1-4-12(3)8-10-5-9(2)6-11(12)7-10;1-3-4-11-7-10-5-9(2)6-12(11)8-10;1-8-4-9-6-10(5-8)11(2,3)7-9;1-7-3-9-5-8(2)10(4-7)6-9/h9-14H,3-8H2,1-2H3;8-12H,4-7H2,1-3H3;9-11H,4-8H2,1-3H3;9-12H,3-8H2,1-2H3;8-10H,4-7H2,1-3H3;7-10H,3-6H2,1-2H3. The van der Waals surface area contributed by atoms with Crippen LogP contribution in [-0.4, -0.2) is 0 Å². The molecule has 0 amide bonds. The molecule has 0 aromatic rings. The lowest BCUT2D eigenvalue weighted by Gasteiger charge is -2.33. The van der Waals surface area contributed by atoms with Crippen molar-refractivity contribution in [2.75, 3.05) is 0 Å². The van der Waals surface area contributed by atoms with Gasteiger partial charge in [0.25, 0.3) is 0 Å². The van der Waals surface area contributed by atoms with Crippen LogP contribution in [-0.2, 0) is 0 Å². The summed E-state index contributed by atoms with van der Waals surface area (Å²) in [5.74, 6) is 26.9. The van der Waals surface area contributed by atoms with Crippen LogP contribution in [0.15, 0.2) is 0 Å². The summed E-state index contributed by atoms with van der Waals surface area (Å²) >= 11 is 0. The van der Waals surface area contributed by atoms with Crippen LogP contribution in [0, 0.1) is 159 Å². The summed E-state index contributed by atoms with van der Waals surface area (Å²) in [7, 11) is 0. The van der Waals surface area contributed by atoms with Crippen molar-refractivity contribution in [2.24, 2.45) is 159 Å². The van der Waals surface area contributed by atoms with Crippen molar-refractivity contribution >= 4 is 0 Å². The zero-order chi connectivity index (χ0) is 50.9. The Labute approximate surface area is 446 Å². The molecule has 0 aromatic heterocycles. The maximum atomic E-state index is 2.52. The first-order chi connectivity index (χ1) is 33.7. The number of hydrogen-bond acceptors (Lipinski definition) is 0. The van der Waals surface area contributed by atoms with E-state index in [1.165, 1.54) is 109 Å². The predicted octanol–water partition coefficient (Wildman–Crippen LogP) is 22.1. The van der Waals surface area contributed by atoms with Crippen molar-refractivity contribution < 1.29 is 0 Å². The van der Waals surface area contributed by atoms with Crippen molar-refractivity contribution in [3.8, 4) is 0 Å². The summed E-state index contributed by atoms with van der Waals surface area (Å²) in [5, 5.41) is 0. The Bertz CT molecular complexity index is 1580. The van der Waals surface area contributed by atoms with Gasteiger partial charge in [0, 0.05) is 0 Å². The first kappa shape index (κ1) is 57.2. The summed E-state index contributed by atoms with van der Waals surface area (Å²) in [6, 6.07) is 0. The van der Waals surface area contributed by atoms with E-state index < -0.39 is 0 Å². The lowest BCUT2D eigenvalue weighted by Crippen LogP contribution is -2.24. The highest BCUT2D eigenvalue weighted by Crippen LogP contribution is 2.59. The van der Waals surface area contributed by atoms with E-state index in [1.54, 1.807) is 77.0 Å². The fourth-order valence-corrected chi connectivity index (χ4v) is 22.8. The maximum absolute atomic E-state index is 2.52. The molecule has 13 rings (SSSR count). The molecule has 13 aliphatic carbocycles. The molecule has 0 saturated heterocycles. The maximum Gasteiger partial charge on any atom is -0.0297 e. The van der Waals surface area contributed by atoms with E-state index >= 15 is 0 Å². The number of rotatable bonds is 4. The molecule has 13 fully saturated rings. The van der Waals surface area contributed by atoms with Crippen LogP contribution in [0.25, 0.3) is 0 Å². The Hall–Kier alpha value is 0. The smallest absolute Gasteiger partial charge is 0.0297 e. The summed E-state index contributed by atoms with van der Waals surface area (Å²) in [6.07, 6.45) is 44.4. The predicted molar refractivity (Wildman–Crippen MR) is 311 cm³/mol. The number of fused-ring (bicyclic) bond motifs is 15. The van der Waals surface area contributed by atoms with Crippen LogP contribution in [0.5, 0.6) is 0 Å². The van der Waals surface area contributed by atoms with Crippen molar-refractivity contribution in [3.63, 3.8) is 0 Å². The van der Waals surface area contributed by atoms with Crippen molar-refractivity contribution in [1.82, 2.24) is 0 Å². The average Bonchev–Trinajstić information content (AvgIpc) is 4.05. The Balaban J connectivity index is 0.000000115. The molecule has 0 heteroatoms. The quantitative estimate of drug-likeness (QED) is 0.263. The molecule has 0 N–H and O–H groups in total. The van der Waals surface area contributed by atoms with E-state index in [2.05, 4.69) is 104 Å². The van der Waals surface area contributed by atoms with Gasteiger partial charge in [0.05, 0.1) is 0 Å². The highest BCUT2D eigenvalue weighted by molar-refractivity contribution is 5.00. The molecule has 0 heterocycles. The van der Waals surface area contributed by atoms with Gasteiger partial charge in [-0.15, -0.1) is 0 Å². The molecule has 0 nitrogen and oxygen atoms in total. The zero-order valence-electron chi connectivity index (χ0n) is 50.9. The molecule has 0 spiro atoms. The van der Waals surface area contributed by atoms with Crippen LogP contribution < -0.4 is 0 Å². The Morgan fingerprint density at radius 1 is 0.380 bits per heavy atom. The van der Waals surface area contributed by atoms with Gasteiger partial charge in [-0.25, -0.2) is 0 Å². The summed E-state index contributed by atoms with van der Waals surface area (Å²) < 4.78 is 0. The van der Waals surface area contributed by atoms with Gasteiger partial charge in [-0.3, -0.25) is 0 Å². The van der Waals surface area contributed by atoms with Crippen LogP contribution in [0.4, 0.5) is 0 Å². The summed E-state index contributed by atoms with van der Waals surface area (Å²) in [4.78, 5) is 0. The third kappa shape index (κ3) is 14.6. The molecule has 12 bridgehead atoms. The molecule has 412 valence electrons. The molecule has 13 saturated carbocycles. The van der Waals surface area contributed by atoms with E-state index in [1.807, 2.05) is 0 Å². The van der Waals surface area contributed by atoms with Gasteiger partial charge in [-0.1, -0.05) is 130 Å². The fraction of sp³-hybridized carbons (Fsp3) is 1.00. The topological polar surface area (TPSA) is 0 Å². The monoisotopic (exact) mass is 981 g/mol.